The second-order valence-corrected chi connectivity index (χ2v) is 5.76. The highest BCUT2D eigenvalue weighted by molar-refractivity contribution is 6.30. The highest BCUT2D eigenvalue weighted by Gasteiger charge is 2.24. The Labute approximate surface area is 127 Å². The molecule has 3 heterocycles. The van der Waals surface area contributed by atoms with Gasteiger partial charge in [-0.25, -0.2) is 9.97 Å². The molecule has 3 aromatic rings. The van der Waals surface area contributed by atoms with Crippen LogP contribution in [0.25, 0.3) is 16.9 Å². The summed E-state index contributed by atoms with van der Waals surface area (Å²) in [7, 11) is 0. The van der Waals surface area contributed by atoms with E-state index in [-0.39, 0.29) is 0 Å². The number of fused-ring (bicyclic) bond motifs is 1. The minimum absolute atomic E-state index is 0.415. The Morgan fingerprint density at radius 3 is 3.00 bits per heavy atom. The van der Waals surface area contributed by atoms with Crippen molar-refractivity contribution in [2.75, 3.05) is 13.1 Å². The van der Waals surface area contributed by atoms with Crippen LogP contribution in [-0.2, 0) is 0 Å². The number of nitrogens with one attached hydrogen (secondary N) is 1. The molecule has 0 saturated carbocycles. The molecule has 2 aromatic heterocycles. The van der Waals surface area contributed by atoms with Gasteiger partial charge in [0, 0.05) is 23.7 Å². The van der Waals surface area contributed by atoms with Gasteiger partial charge < -0.3 is 5.32 Å². The number of aromatic nitrogens is 3. The van der Waals surface area contributed by atoms with Crippen LogP contribution in [-0.4, -0.2) is 27.6 Å². The molecule has 21 heavy (non-hydrogen) atoms. The molecule has 0 radical (unpaired) electrons. The molecule has 0 bridgehead atoms. The number of nitrogens with zero attached hydrogens (tertiary/aromatic N) is 3. The van der Waals surface area contributed by atoms with Gasteiger partial charge in [0.05, 0.1) is 5.69 Å². The fraction of sp³-hybridized carbons (Fsp3) is 0.250. The zero-order valence-electron chi connectivity index (χ0n) is 11.5. The summed E-state index contributed by atoms with van der Waals surface area (Å²) in [5, 5.41) is 4.13. The average molecular weight is 299 g/mol. The molecule has 0 spiro atoms. The summed E-state index contributed by atoms with van der Waals surface area (Å²) in [5.74, 6) is 1.48. The van der Waals surface area contributed by atoms with Gasteiger partial charge >= 0.3 is 0 Å². The highest BCUT2D eigenvalue weighted by atomic mass is 35.5. The minimum atomic E-state index is 0.415. The van der Waals surface area contributed by atoms with Crippen molar-refractivity contribution < 1.29 is 0 Å². The zero-order chi connectivity index (χ0) is 14.2. The summed E-state index contributed by atoms with van der Waals surface area (Å²) in [6, 6.07) is 11.8. The third kappa shape index (κ3) is 2.20. The smallest absolute Gasteiger partial charge is 0.164 e. The summed E-state index contributed by atoms with van der Waals surface area (Å²) in [5.41, 5.74) is 2.84. The van der Waals surface area contributed by atoms with Crippen molar-refractivity contribution in [1.29, 1.82) is 0 Å². The molecular formula is C16H15ClN4. The number of imidazole rings is 1. The van der Waals surface area contributed by atoms with Crippen LogP contribution in [0.15, 0.2) is 42.6 Å². The Morgan fingerprint density at radius 1 is 1.24 bits per heavy atom. The normalized spacial score (nSPS) is 18.4. The Hall–Kier alpha value is -1.91. The third-order valence-electron chi connectivity index (χ3n) is 3.93. The summed E-state index contributed by atoms with van der Waals surface area (Å²) in [4.78, 5) is 9.33. The molecule has 5 heteroatoms. The molecule has 1 fully saturated rings. The van der Waals surface area contributed by atoms with Gasteiger partial charge in [-0.1, -0.05) is 17.7 Å². The quantitative estimate of drug-likeness (QED) is 0.790. The largest absolute Gasteiger partial charge is 0.316 e. The summed E-state index contributed by atoms with van der Waals surface area (Å²) in [6.07, 6.45) is 2.91. The number of hydrogen-bond acceptors (Lipinski definition) is 3. The van der Waals surface area contributed by atoms with Crippen LogP contribution in [0.5, 0.6) is 0 Å². The molecule has 1 atom stereocenters. The summed E-state index contributed by atoms with van der Waals surface area (Å²) >= 11 is 6.16. The number of rotatable bonds is 2. The van der Waals surface area contributed by atoms with Crippen LogP contribution in [0, 0.1) is 0 Å². The van der Waals surface area contributed by atoms with Gasteiger partial charge in [0.1, 0.15) is 11.3 Å². The number of hydrogen-bond donors (Lipinski definition) is 1. The predicted molar refractivity (Wildman–Crippen MR) is 84.1 cm³/mol. The molecule has 1 aliphatic rings. The fourth-order valence-corrected chi connectivity index (χ4v) is 3.13. The molecule has 1 unspecified atom stereocenters. The first-order valence-corrected chi connectivity index (χ1v) is 7.51. The van der Waals surface area contributed by atoms with Crippen LogP contribution < -0.4 is 5.32 Å². The van der Waals surface area contributed by atoms with Gasteiger partial charge in [-0.05, 0) is 43.3 Å². The topological polar surface area (TPSA) is 42.7 Å². The van der Waals surface area contributed by atoms with Crippen molar-refractivity contribution in [1.82, 2.24) is 19.9 Å². The van der Waals surface area contributed by atoms with E-state index in [9.17, 15) is 0 Å². The van der Waals surface area contributed by atoms with Crippen LogP contribution in [0.3, 0.4) is 0 Å². The van der Waals surface area contributed by atoms with Gasteiger partial charge in [-0.2, -0.15) is 0 Å². The van der Waals surface area contributed by atoms with Crippen LogP contribution in [0.1, 0.15) is 18.2 Å². The first-order chi connectivity index (χ1) is 10.3. The molecule has 106 valence electrons. The minimum Gasteiger partial charge on any atom is -0.316 e. The molecule has 4 nitrogen and oxygen atoms in total. The van der Waals surface area contributed by atoms with Gasteiger partial charge in [-0.15, -0.1) is 0 Å². The van der Waals surface area contributed by atoms with E-state index in [4.69, 9.17) is 16.6 Å². The molecule has 0 aliphatic carbocycles. The Bertz CT molecular complexity index is 790. The van der Waals surface area contributed by atoms with Crippen molar-refractivity contribution in [3.8, 4) is 5.69 Å². The maximum Gasteiger partial charge on any atom is 0.164 e. The van der Waals surface area contributed by atoms with E-state index < -0.39 is 0 Å². The molecule has 1 aromatic carbocycles. The molecule has 1 aliphatic heterocycles. The number of pyridine rings is 1. The van der Waals surface area contributed by atoms with E-state index in [1.807, 2.05) is 42.6 Å². The Balaban J connectivity index is 1.98. The van der Waals surface area contributed by atoms with Crippen LogP contribution in [0.4, 0.5) is 0 Å². The van der Waals surface area contributed by atoms with E-state index in [0.29, 0.717) is 5.92 Å². The van der Waals surface area contributed by atoms with E-state index in [2.05, 4.69) is 14.9 Å². The third-order valence-corrected chi connectivity index (χ3v) is 4.17. The average Bonchev–Trinajstić information content (AvgIpc) is 3.14. The molecule has 4 rings (SSSR count). The first-order valence-electron chi connectivity index (χ1n) is 7.13. The van der Waals surface area contributed by atoms with Crippen LogP contribution in [0.2, 0.25) is 5.02 Å². The van der Waals surface area contributed by atoms with Crippen molar-refractivity contribution >= 4 is 22.8 Å². The highest BCUT2D eigenvalue weighted by Crippen LogP contribution is 2.29. The lowest BCUT2D eigenvalue weighted by molar-refractivity contribution is 0.691. The Kier molecular flexibility index (Phi) is 3.13. The first kappa shape index (κ1) is 12.8. The van der Waals surface area contributed by atoms with E-state index in [1.54, 1.807) is 0 Å². The van der Waals surface area contributed by atoms with Crippen molar-refractivity contribution in [3.05, 3.63) is 53.4 Å². The fourth-order valence-electron chi connectivity index (χ4n) is 2.95. The van der Waals surface area contributed by atoms with Gasteiger partial charge in [0.15, 0.2) is 5.65 Å². The zero-order valence-corrected chi connectivity index (χ0v) is 12.2. The lowest BCUT2D eigenvalue weighted by Gasteiger charge is -2.13. The van der Waals surface area contributed by atoms with Crippen molar-refractivity contribution in [3.63, 3.8) is 0 Å². The van der Waals surface area contributed by atoms with Gasteiger partial charge in [0.25, 0.3) is 0 Å². The van der Waals surface area contributed by atoms with E-state index >= 15 is 0 Å². The summed E-state index contributed by atoms with van der Waals surface area (Å²) < 4.78 is 2.14. The second kappa shape index (κ2) is 5.13. The van der Waals surface area contributed by atoms with Gasteiger partial charge in [-0.3, -0.25) is 4.57 Å². The van der Waals surface area contributed by atoms with Gasteiger partial charge in [0.2, 0.25) is 0 Å². The molecule has 1 N–H and O–H groups in total. The SMILES string of the molecule is Clc1cccc(-n2c(C3CCNC3)nc3cccnc32)c1. The Morgan fingerprint density at radius 2 is 2.19 bits per heavy atom. The summed E-state index contributed by atoms with van der Waals surface area (Å²) in [6.45, 7) is 2.00. The molecule has 1 saturated heterocycles. The molecule has 0 amide bonds. The molecular weight excluding hydrogens is 284 g/mol. The van der Waals surface area contributed by atoms with Crippen molar-refractivity contribution in [2.24, 2.45) is 0 Å². The maximum atomic E-state index is 6.16. The maximum absolute atomic E-state index is 6.16. The lowest BCUT2D eigenvalue weighted by Crippen LogP contribution is -2.12. The standard InChI is InChI=1S/C16H15ClN4/c17-12-3-1-4-13(9-12)21-15(11-6-8-18-10-11)20-14-5-2-7-19-16(14)21/h1-5,7,9,11,18H,6,8,10H2. The van der Waals surface area contributed by atoms with Crippen LogP contribution >= 0.6 is 11.6 Å². The second-order valence-electron chi connectivity index (χ2n) is 5.32. The lowest BCUT2D eigenvalue weighted by atomic mass is 10.1. The monoisotopic (exact) mass is 298 g/mol. The van der Waals surface area contributed by atoms with E-state index in [1.165, 1.54) is 0 Å². The van der Waals surface area contributed by atoms with E-state index in [0.717, 1.165) is 47.2 Å². The predicted octanol–water partition coefficient (Wildman–Crippen LogP) is 3.15. The number of halogens is 1. The number of benzene rings is 1. The van der Waals surface area contributed by atoms with Crippen molar-refractivity contribution in [2.45, 2.75) is 12.3 Å².